The van der Waals surface area contributed by atoms with Crippen LogP contribution in [0, 0.1) is 5.41 Å². The van der Waals surface area contributed by atoms with Crippen molar-refractivity contribution in [3.8, 4) is 0 Å². The van der Waals surface area contributed by atoms with Crippen LogP contribution in [-0.2, 0) is 9.47 Å². The van der Waals surface area contributed by atoms with Gasteiger partial charge in [-0.2, -0.15) is 0 Å². The number of hydrogen-bond donors (Lipinski definition) is 0. The molecule has 0 radical (unpaired) electrons. The van der Waals surface area contributed by atoms with Gasteiger partial charge < -0.3 is 9.47 Å². The van der Waals surface area contributed by atoms with Crippen LogP contribution in [0.2, 0.25) is 0 Å². The van der Waals surface area contributed by atoms with E-state index in [1.165, 1.54) is 0 Å². The highest BCUT2D eigenvalue weighted by Crippen LogP contribution is 2.43. The average molecular weight is 170 g/mol. The smallest absolute Gasteiger partial charge is 0.214 e. The Morgan fingerprint density at radius 2 is 2.17 bits per heavy atom. The highest BCUT2D eigenvalue weighted by molar-refractivity contribution is 4.98. The van der Waals surface area contributed by atoms with Crippen molar-refractivity contribution in [1.82, 2.24) is 0 Å². The van der Waals surface area contributed by atoms with E-state index < -0.39 is 5.79 Å². The Balaban J connectivity index is 2.91. The zero-order chi connectivity index (χ0) is 9.24. The lowest BCUT2D eigenvalue weighted by atomic mass is 9.77. The van der Waals surface area contributed by atoms with Crippen molar-refractivity contribution in [3.05, 3.63) is 12.3 Å². The van der Waals surface area contributed by atoms with Gasteiger partial charge in [-0.3, -0.25) is 0 Å². The fourth-order valence-electron chi connectivity index (χ4n) is 1.85. The van der Waals surface area contributed by atoms with Crippen molar-refractivity contribution < 1.29 is 9.47 Å². The first-order valence-electron chi connectivity index (χ1n) is 4.46. The van der Waals surface area contributed by atoms with Gasteiger partial charge in [-0.15, -0.1) is 0 Å². The normalized spacial score (nSPS) is 33.0. The molecule has 12 heavy (non-hydrogen) atoms. The fraction of sp³-hybridized carbons (Fsp3) is 0.800. The Labute approximate surface area is 74.6 Å². The lowest BCUT2D eigenvalue weighted by Crippen LogP contribution is -2.48. The lowest BCUT2D eigenvalue weighted by molar-refractivity contribution is -0.262. The van der Waals surface area contributed by atoms with Crippen LogP contribution in [0.4, 0.5) is 0 Å². The SMILES string of the molecule is CCC1(OC)OC=CCC1(C)C. The molecule has 0 saturated carbocycles. The zero-order valence-electron chi connectivity index (χ0n) is 8.39. The van der Waals surface area contributed by atoms with Crippen molar-refractivity contribution in [2.45, 2.75) is 39.4 Å². The molecule has 0 amide bonds. The van der Waals surface area contributed by atoms with E-state index >= 15 is 0 Å². The highest BCUT2D eigenvalue weighted by atomic mass is 16.7. The standard InChI is InChI=1S/C10H18O2/c1-5-10(11-4)9(2,3)7-6-8-12-10/h6,8H,5,7H2,1-4H3. The van der Waals surface area contributed by atoms with Gasteiger partial charge in [0.15, 0.2) is 0 Å². The van der Waals surface area contributed by atoms with E-state index in [-0.39, 0.29) is 5.41 Å². The van der Waals surface area contributed by atoms with Crippen LogP contribution in [0.5, 0.6) is 0 Å². The Morgan fingerprint density at radius 1 is 1.50 bits per heavy atom. The Morgan fingerprint density at radius 3 is 2.50 bits per heavy atom. The summed E-state index contributed by atoms with van der Waals surface area (Å²) in [5.74, 6) is -0.429. The summed E-state index contributed by atoms with van der Waals surface area (Å²) < 4.78 is 11.0. The van der Waals surface area contributed by atoms with E-state index in [0.717, 1.165) is 12.8 Å². The summed E-state index contributed by atoms with van der Waals surface area (Å²) in [6.45, 7) is 6.43. The Kier molecular flexibility index (Phi) is 2.47. The van der Waals surface area contributed by atoms with Crippen molar-refractivity contribution in [1.29, 1.82) is 0 Å². The number of methoxy groups -OCH3 is 1. The fourth-order valence-corrected chi connectivity index (χ4v) is 1.85. The lowest BCUT2D eigenvalue weighted by Gasteiger charge is -2.45. The maximum Gasteiger partial charge on any atom is 0.214 e. The summed E-state index contributed by atoms with van der Waals surface area (Å²) >= 11 is 0. The molecule has 0 aromatic carbocycles. The number of hydrogen-bond acceptors (Lipinski definition) is 2. The summed E-state index contributed by atoms with van der Waals surface area (Å²) in [7, 11) is 1.71. The second-order valence-corrected chi connectivity index (χ2v) is 3.89. The average Bonchev–Trinajstić information content (AvgIpc) is 2.05. The molecule has 0 aliphatic carbocycles. The maximum atomic E-state index is 5.58. The van der Waals surface area contributed by atoms with Crippen molar-refractivity contribution in [2.24, 2.45) is 5.41 Å². The predicted molar refractivity (Wildman–Crippen MR) is 48.7 cm³/mol. The molecule has 2 heteroatoms. The molecule has 1 atom stereocenters. The second-order valence-electron chi connectivity index (χ2n) is 3.89. The molecule has 1 unspecified atom stereocenters. The van der Waals surface area contributed by atoms with Gasteiger partial charge in [-0.05, 0) is 12.5 Å². The van der Waals surface area contributed by atoms with Crippen LogP contribution in [-0.4, -0.2) is 12.9 Å². The van der Waals surface area contributed by atoms with Gasteiger partial charge in [-0.25, -0.2) is 0 Å². The zero-order valence-corrected chi connectivity index (χ0v) is 8.39. The monoisotopic (exact) mass is 170 g/mol. The largest absolute Gasteiger partial charge is 0.470 e. The molecule has 1 rings (SSSR count). The van der Waals surface area contributed by atoms with E-state index in [0.29, 0.717) is 0 Å². The highest BCUT2D eigenvalue weighted by Gasteiger charge is 2.46. The van der Waals surface area contributed by atoms with E-state index in [4.69, 9.17) is 9.47 Å². The first kappa shape index (κ1) is 9.59. The minimum atomic E-state index is -0.429. The van der Waals surface area contributed by atoms with E-state index in [1.807, 2.05) is 6.08 Å². The summed E-state index contributed by atoms with van der Waals surface area (Å²) in [5.41, 5.74) is 0.0608. The maximum absolute atomic E-state index is 5.58. The summed E-state index contributed by atoms with van der Waals surface area (Å²) in [6.07, 6.45) is 5.68. The van der Waals surface area contributed by atoms with Gasteiger partial charge in [0, 0.05) is 18.9 Å². The van der Waals surface area contributed by atoms with E-state index in [2.05, 4.69) is 20.8 Å². The molecule has 0 fully saturated rings. The number of allylic oxidation sites excluding steroid dienone is 1. The van der Waals surface area contributed by atoms with Crippen molar-refractivity contribution in [3.63, 3.8) is 0 Å². The summed E-state index contributed by atoms with van der Waals surface area (Å²) in [5, 5.41) is 0. The molecule has 1 heterocycles. The van der Waals surface area contributed by atoms with Crippen LogP contribution in [0.25, 0.3) is 0 Å². The third kappa shape index (κ3) is 1.24. The van der Waals surface area contributed by atoms with Crippen LogP contribution in [0.15, 0.2) is 12.3 Å². The first-order valence-corrected chi connectivity index (χ1v) is 4.46. The molecule has 0 saturated heterocycles. The van der Waals surface area contributed by atoms with Crippen LogP contribution >= 0.6 is 0 Å². The summed E-state index contributed by atoms with van der Waals surface area (Å²) in [6, 6.07) is 0. The molecular formula is C10H18O2. The molecule has 70 valence electrons. The third-order valence-electron chi connectivity index (χ3n) is 2.81. The number of rotatable bonds is 2. The Hall–Kier alpha value is -0.500. The minimum Gasteiger partial charge on any atom is -0.470 e. The molecule has 0 aromatic rings. The van der Waals surface area contributed by atoms with Crippen molar-refractivity contribution in [2.75, 3.05) is 7.11 Å². The molecule has 0 spiro atoms. The quantitative estimate of drug-likeness (QED) is 0.634. The second kappa shape index (κ2) is 3.09. The van der Waals surface area contributed by atoms with Gasteiger partial charge in [0.1, 0.15) is 0 Å². The summed E-state index contributed by atoms with van der Waals surface area (Å²) in [4.78, 5) is 0. The van der Waals surface area contributed by atoms with E-state index in [9.17, 15) is 0 Å². The van der Waals surface area contributed by atoms with Crippen LogP contribution in [0.1, 0.15) is 33.6 Å². The third-order valence-corrected chi connectivity index (χ3v) is 2.81. The Bertz CT molecular complexity index is 178. The van der Waals surface area contributed by atoms with Gasteiger partial charge >= 0.3 is 0 Å². The number of ether oxygens (including phenoxy) is 2. The molecule has 0 bridgehead atoms. The predicted octanol–water partition coefficient (Wildman–Crippen LogP) is 2.70. The van der Waals surface area contributed by atoms with Crippen molar-refractivity contribution >= 4 is 0 Å². The molecule has 1 aliphatic rings. The topological polar surface area (TPSA) is 18.5 Å². The molecule has 0 N–H and O–H groups in total. The molecule has 0 aromatic heterocycles. The van der Waals surface area contributed by atoms with Gasteiger partial charge in [0.2, 0.25) is 5.79 Å². The van der Waals surface area contributed by atoms with E-state index in [1.54, 1.807) is 13.4 Å². The van der Waals surface area contributed by atoms with Gasteiger partial charge in [0.25, 0.3) is 0 Å². The first-order chi connectivity index (χ1) is 5.58. The van der Waals surface area contributed by atoms with Gasteiger partial charge in [0.05, 0.1) is 6.26 Å². The molecule has 1 aliphatic heterocycles. The van der Waals surface area contributed by atoms with Crippen LogP contribution < -0.4 is 0 Å². The molecular weight excluding hydrogens is 152 g/mol. The van der Waals surface area contributed by atoms with Crippen LogP contribution in [0.3, 0.4) is 0 Å². The molecule has 2 nitrogen and oxygen atoms in total. The van der Waals surface area contributed by atoms with Gasteiger partial charge in [-0.1, -0.05) is 20.8 Å². The minimum absolute atomic E-state index is 0.0608.